The van der Waals surface area contributed by atoms with Crippen molar-refractivity contribution in [2.75, 3.05) is 11.9 Å². The monoisotopic (exact) mass is 231 g/mol. The Morgan fingerprint density at radius 1 is 1.29 bits per heavy atom. The van der Waals surface area contributed by atoms with Crippen LogP contribution < -0.4 is 5.32 Å². The molecule has 0 aliphatic heterocycles. The van der Waals surface area contributed by atoms with Crippen LogP contribution in [0, 0.1) is 29.1 Å². The second kappa shape index (κ2) is 6.24. The molecule has 0 saturated carbocycles. The first-order valence-electron chi connectivity index (χ1n) is 6.14. The maximum absolute atomic E-state index is 8.81. The lowest BCUT2D eigenvalue weighted by Gasteiger charge is -2.25. The lowest BCUT2D eigenvalue weighted by Crippen LogP contribution is -2.24. The van der Waals surface area contributed by atoms with Crippen LogP contribution >= 0.6 is 0 Å². The van der Waals surface area contributed by atoms with Gasteiger partial charge in [0.1, 0.15) is 5.82 Å². The van der Waals surface area contributed by atoms with Crippen molar-refractivity contribution in [1.29, 1.82) is 5.26 Å². The van der Waals surface area contributed by atoms with Crippen LogP contribution in [0.5, 0.6) is 0 Å². The van der Waals surface area contributed by atoms with Gasteiger partial charge in [0.05, 0.1) is 11.6 Å². The van der Waals surface area contributed by atoms with Crippen molar-refractivity contribution in [2.45, 2.75) is 27.7 Å². The van der Waals surface area contributed by atoms with Gasteiger partial charge in [-0.1, -0.05) is 27.7 Å². The molecule has 0 unspecified atom stereocenters. The van der Waals surface area contributed by atoms with Gasteiger partial charge in [0, 0.05) is 12.7 Å². The van der Waals surface area contributed by atoms with Gasteiger partial charge in [-0.25, -0.2) is 4.98 Å². The van der Waals surface area contributed by atoms with Crippen molar-refractivity contribution in [3.63, 3.8) is 0 Å². The Morgan fingerprint density at radius 3 is 2.47 bits per heavy atom. The molecule has 1 N–H and O–H groups in total. The number of pyridine rings is 1. The Bertz CT molecular complexity index is 383. The summed E-state index contributed by atoms with van der Waals surface area (Å²) in [5, 5.41) is 12.1. The van der Waals surface area contributed by atoms with E-state index in [0.717, 1.165) is 12.4 Å². The molecule has 0 saturated heterocycles. The quantitative estimate of drug-likeness (QED) is 0.846. The SMILES string of the molecule is CC(C)C(CNc1cc(C#N)ccn1)C(C)C. The molecular formula is C14H21N3. The summed E-state index contributed by atoms with van der Waals surface area (Å²) in [4.78, 5) is 4.22. The van der Waals surface area contributed by atoms with Crippen LogP contribution in [-0.2, 0) is 0 Å². The van der Waals surface area contributed by atoms with Crippen LogP contribution in [0.1, 0.15) is 33.3 Å². The number of nitriles is 1. The van der Waals surface area contributed by atoms with Gasteiger partial charge >= 0.3 is 0 Å². The highest BCUT2D eigenvalue weighted by Gasteiger charge is 2.17. The Kier molecular flexibility index (Phi) is 4.96. The van der Waals surface area contributed by atoms with Crippen LogP contribution in [0.4, 0.5) is 5.82 Å². The first-order valence-corrected chi connectivity index (χ1v) is 6.14. The standard InChI is InChI=1S/C14H21N3/c1-10(2)13(11(3)4)9-17-14-7-12(8-15)5-6-16-14/h5-7,10-11,13H,9H2,1-4H3,(H,16,17). The van der Waals surface area contributed by atoms with Crippen molar-refractivity contribution in [1.82, 2.24) is 4.98 Å². The summed E-state index contributed by atoms with van der Waals surface area (Å²) in [6, 6.07) is 5.63. The normalized spacial score (nSPS) is 10.9. The van der Waals surface area contributed by atoms with Crippen LogP contribution in [0.25, 0.3) is 0 Å². The average molecular weight is 231 g/mol. The number of nitrogens with one attached hydrogen (secondary N) is 1. The molecule has 0 aliphatic carbocycles. The van der Waals surface area contributed by atoms with Crippen molar-refractivity contribution >= 4 is 5.82 Å². The first-order chi connectivity index (χ1) is 8.04. The summed E-state index contributed by atoms with van der Waals surface area (Å²) in [5.74, 6) is 2.68. The minimum atomic E-state index is 0.613. The van der Waals surface area contributed by atoms with E-state index in [1.807, 2.05) is 0 Å². The van der Waals surface area contributed by atoms with Crippen molar-refractivity contribution in [2.24, 2.45) is 17.8 Å². The molecule has 1 aromatic rings. The van der Waals surface area contributed by atoms with Crippen molar-refractivity contribution < 1.29 is 0 Å². The van der Waals surface area contributed by atoms with E-state index in [4.69, 9.17) is 5.26 Å². The highest BCUT2D eigenvalue weighted by atomic mass is 15.0. The molecule has 0 spiro atoms. The zero-order chi connectivity index (χ0) is 12.8. The third-order valence-corrected chi connectivity index (χ3v) is 3.12. The van der Waals surface area contributed by atoms with Gasteiger partial charge in [0.25, 0.3) is 0 Å². The highest BCUT2D eigenvalue weighted by molar-refractivity contribution is 5.42. The fraction of sp³-hybridized carbons (Fsp3) is 0.571. The maximum Gasteiger partial charge on any atom is 0.127 e. The average Bonchev–Trinajstić information content (AvgIpc) is 2.28. The van der Waals surface area contributed by atoms with Gasteiger partial charge in [-0.2, -0.15) is 5.26 Å². The van der Waals surface area contributed by atoms with Crippen molar-refractivity contribution in [3.8, 4) is 6.07 Å². The van der Waals surface area contributed by atoms with Gasteiger partial charge in [0.15, 0.2) is 0 Å². The molecule has 0 atom stereocenters. The molecule has 1 rings (SSSR count). The largest absolute Gasteiger partial charge is 0.370 e. The first kappa shape index (κ1) is 13.5. The second-order valence-electron chi connectivity index (χ2n) is 5.07. The third kappa shape index (κ3) is 4.07. The highest BCUT2D eigenvalue weighted by Crippen LogP contribution is 2.20. The smallest absolute Gasteiger partial charge is 0.127 e. The number of hydrogen-bond donors (Lipinski definition) is 1. The second-order valence-corrected chi connectivity index (χ2v) is 5.07. The summed E-state index contributed by atoms with van der Waals surface area (Å²) in [6.07, 6.45) is 1.67. The molecule has 3 heteroatoms. The van der Waals surface area contributed by atoms with Gasteiger partial charge < -0.3 is 5.32 Å². The number of hydrogen-bond acceptors (Lipinski definition) is 3. The summed E-state index contributed by atoms with van der Waals surface area (Å²) in [5.41, 5.74) is 0.646. The molecule has 3 nitrogen and oxygen atoms in total. The Labute approximate surface area is 104 Å². The van der Waals surface area contributed by atoms with Crippen LogP contribution in [-0.4, -0.2) is 11.5 Å². The predicted octanol–water partition coefficient (Wildman–Crippen LogP) is 3.29. The van der Waals surface area contributed by atoms with E-state index in [1.165, 1.54) is 0 Å². The molecule has 0 fully saturated rings. The molecule has 0 bridgehead atoms. The van der Waals surface area contributed by atoms with Crippen LogP contribution in [0.15, 0.2) is 18.3 Å². The number of nitrogens with zero attached hydrogens (tertiary/aromatic N) is 2. The van der Waals surface area contributed by atoms with E-state index < -0.39 is 0 Å². The predicted molar refractivity (Wildman–Crippen MR) is 70.6 cm³/mol. The van der Waals surface area contributed by atoms with Gasteiger partial charge in [-0.05, 0) is 29.9 Å². The Hall–Kier alpha value is -1.56. The fourth-order valence-electron chi connectivity index (χ4n) is 2.06. The van der Waals surface area contributed by atoms with E-state index in [-0.39, 0.29) is 0 Å². The lowest BCUT2D eigenvalue weighted by molar-refractivity contribution is 0.304. The summed E-state index contributed by atoms with van der Waals surface area (Å²) >= 11 is 0. The van der Waals surface area contributed by atoms with E-state index in [0.29, 0.717) is 23.3 Å². The number of anilines is 1. The topological polar surface area (TPSA) is 48.7 Å². The number of rotatable bonds is 5. The minimum absolute atomic E-state index is 0.613. The molecule has 92 valence electrons. The van der Waals surface area contributed by atoms with Crippen LogP contribution in [0.3, 0.4) is 0 Å². The Balaban J connectivity index is 2.63. The molecule has 1 heterocycles. The molecular weight excluding hydrogens is 210 g/mol. The van der Waals surface area contributed by atoms with Gasteiger partial charge in [0.2, 0.25) is 0 Å². The summed E-state index contributed by atoms with van der Waals surface area (Å²) in [7, 11) is 0. The van der Waals surface area contributed by atoms with Crippen LogP contribution in [0.2, 0.25) is 0 Å². The van der Waals surface area contributed by atoms with E-state index in [9.17, 15) is 0 Å². The zero-order valence-electron chi connectivity index (χ0n) is 11.1. The van der Waals surface area contributed by atoms with Crippen molar-refractivity contribution in [3.05, 3.63) is 23.9 Å². The van der Waals surface area contributed by atoms with Gasteiger partial charge in [-0.3, -0.25) is 0 Å². The molecule has 17 heavy (non-hydrogen) atoms. The minimum Gasteiger partial charge on any atom is -0.370 e. The number of aromatic nitrogens is 1. The summed E-state index contributed by atoms with van der Waals surface area (Å²) < 4.78 is 0. The summed E-state index contributed by atoms with van der Waals surface area (Å²) in [6.45, 7) is 9.87. The third-order valence-electron chi connectivity index (χ3n) is 3.12. The maximum atomic E-state index is 8.81. The zero-order valence-corrected chi connectivity index (χ0v) is 11.1. The van der Waals surface area contributed by atoms with E-state index in [1.54, 1.807) is 18.3 Å². The lowest BCUT2D eigenvalue weighted by atomic mass is 9.85. The van der Waals surface area contributed by atoms with Gasteiger partial charge in [-0.15, -0.1) is 0 Å². The molecule has 0 amide bonds. The van der Waals surface area contributed by atoms with E-state index in [2.05, 4.69) is 44.1 Å². The molecule has 0 radical (unpaired) electrons. The molecule has 1 aromatic heterocycles. The molecule has 0 aliphatic rings. The molecule has 0 aromatic carbocycles. The van der Waals surface area contributed by atoms with E-state index >= 15 is 0 Å². The Morgan fingerprint density at radius 2 is 1.94 bits per heavy atom. The fourth-order valence-corrected chi connectivity index (χ4v) is 2.06.